The molecule has 0 saturated heterocycles. The first-order chi connectivity index (χ1) is 14.9. The number of hydrogen-bond acceptors (Lipinski definition) is 6. The van der Waals surface area contributed by atoms with E-state index < -0.39 is 0 Å². The summed E-state index contributed by atoms with van der Waals surface area (Å²) < 4.78 is 6.97. The Balaban J connectivity index is 1.56. The second-order valence-electron chi connectivity index (χ2n) is 6.97. The van der Waals surface area contributed by atoms with Gasteiger partial charge in [0.1, 0.15) is 11.6 Å². The maximum atomic E-state index is 12.4. The molecule has 162 valence electrons. The lowest BCUT2D eigenvalue weighted by molar-refractivity contribution is -0.116. The molecule has 0 aliphatic carbocycles. The monoisotopic (exact) mass is 439 g/mol. The van der Waals surface area contributed by atoms with Gasteiger partial charge in [-0.15, -0.1) is 10.2 Å². The molecule has 0 bridgehead atoms. The molecule has 0 saturated carbocycles. The zero-order valence-electron chi connectivity index (χ0n) is 17.9. The van der Waals surface area contributed by atoms with Crippen molar-refractivity contribution in [3.05, 3.63) is 59.4 Å². The van der Waals surface area contributed by atoms with Gasteiger partial charge in [-0.25, -0.2) is 0 Å². The van der Waals surface area contributed by atoms with E-state index in [9.17, 15) is 9.59 Å². The van der Waals surface area contributed by atoms with Gasteiger partial charge in [-0.2, -0.15) is 0 Å². The first-order valence-electron chi connectivity index (χ1n) is 9.69. The molecule has 3 rings (SSSR count). The average molecular weight is 440 g/mol. The van der Waals surface area contributed by atoms with E-state index in [4.69, 9.17) is 4.74 Å². The maximum absolute atomic E-state index is 12.4. The number of amides is 2. The molecule has 8 nitrogen and oxygen atoms in total. The molecule has 2 N–H and O–H groups in total. The van der Waals surface area contributed by atoms with Crippen LogP contribution in [0.15, 0.2) is 47.6 Å². The Kier molecular flexibility index (Phi) is 7.30. The van der Waals surface area contributed by atoms with Gasteiger partial charge in [0.2, 0.25) is 11.8 Å². The van der Waals surface area contributed by atoms with Crippen molar-refractivity contribution in [1.82, 2.24) is 14.8 Å². The van der Waals surface area contributed by atoms with Crippen molar-refractivity contribution >= 4 is 35.0 Å². The summed E-state index contributed by atoms with van der Waals surface area (Å²) in [7, 11) is 3.32. The fourth-order valence-corrected chi connectivity index (χ4v) is 3.64. The minimum atomic E-state index is -0.232. The van der Waals surface area contributed by atoms with Crippen LogP contribution in [0.5, 0.6) is 5.75 Å². The largest absolute Gasteiger partial charge is 0.495 e. The van der Waals surface area contributed by atoms with Gasteiger partial charge in [-0.1, -0.05) is 36.0 Å². The van der Waals surface area contributed by atoms with Crippen LogP contribution in [0.4, 0.5) is 11.4 Å². The van der Waals surface area contributed by atoms with Gasteiger partial charge in [0.05, 0.1) is 25.0 Å². The summed E-state index contributed by atoms with van der Waals surface area (Å²) >= 11 is 1.27. The molecule has 0 radical (unpaired) electrons. The van der Waals surface area contributed by atoms with E-state index in [1.807, 2.05) is 44.2 Å². The number of aromatic nitrogens is 3. The quantitative estimate of drug-likeness (QED) is 0.523. The highest BCUT2D eigenvalue weighted by Crippen LogP contribution is 2.23. The first-order valence-corrected chi connectivity index (χ1v) is 10.7. The molecule has 0 atom stereocenters. The number of aryl methyl sites for hydroxylation is 1. The number of nitrogens with zero attached hydrogens (tertiary/aromatic N) is 3. The Bertz CT molecular complexity index is 1100. The molecular weight excluding hydrogens is 414 g/mol. The predicted octanol–water partition coefficient (Wildman–Crippen LogP) is 3.35. The van der Waals surface area contributed by atoms with E-state index in [0.29, 0.717) is 22.4 Å². The molecule has 2 amide bonds. The summed E-state index contributed by atoms with van der Waals surface area (Å²) in [5.74, 6) is 0.915. The van der Waals surface area contributed by atoms with Gasteiger partial charge in [-0.3, -0.25) is 9.59 Å². The van der Waals surface area contributed by atoms with Crippen LogP contribution in [0.25, 0.3) is 0 Å². The first kappa shape index (κ1) is 22.4. The molecule has 1 heterocycles. The molecule has 0 unspecified atom stereocenters. The van der Waals surface area contributed by atoms with E-state index >= 15 is 0 Å². The Hall–Kier alpha value is -3.33. The van der Waals surface area contributed by atoms with Crippen LogP contribution in [-0.2, 0) is 23.1 Å². The van der Waals surface area contributed by atoms with Crippen molar-refractivity contribution in [3.8, 4) is 5.75 Å². The molecule has 2 aromatic carbocycles. The van der Waals surface area contributed by atoms with Gasteiger partial charge >= 0.3 is 0 Å². The van der Waals surface area contributed by atoms with Crippen molar-refractivity contribution in [1.29, 1.82) is 0 Å². The number of nitrogens with one attached hydrogen (secondary N) is 2. The topological polar surface area (TPSA) is 98.1 Å². The maximum Gasteiger partial charge on any atom is 0.234 e. The summed E-state index contributed by atoms with van der Waals surface area (Å²) in [6, 6.07) is 13.0. The molecule has 0 fully saturated rings. The number of para-hydroxylation sites is 2. The number of carbonyl (C=O) groups is 2. The normalized spacial score (nSPS) is 10.6. The minimum Gasteiger partial charge on any atom is -0.495 e. The summed E-state index contributed by atoms with van der Waals surface area (Å²) in [6.45, 7) is 3.98. The van der Waals surface area contributed by atoms with E-state index in [-0.39, 0.29) is 24.0 Å². The summed E-state index contributed by atoms with van der Waals surface area (Å²) in [6.07, 6.45) is 0.0524. The zero-order chi connectivity index (χ0) is 22.4. The summed E-state index contributed by atoms with van der Waals surface area (Å²) in [5, 5.41) is 14.5. The highest BCUT2D eigenvalue weighted by atomic mass is 32.2. The molecule has 3 aromatic rings. The zero-order valence-corrected chi connectivity index (χ0v) is 18.7. The standard InChI is InChI=1S/C22H25N5O3S/c1-14-8-7-10-16(15(14)2)23-21(29)13-31-22-26-25-19(27(22)3)12-20(28)24-17-9-5-6-11-18(17)30-4/h5-11H,12-13H2,1-4H3,(H,23,29)(H,24,28). The number of carbonyl (C=O) groups excluding carboxylic acids is 2. The van der Waals surface area contributed by atoms with Gasteiger partial charge in [-0.05, 0) is 43.2 Å². The summed E-state index contributed by atoms with van der Waals surface area (Å²) in [5.41, 5.74) is 3.56. The fourth-order valence-electron chi connectivity index (χ4n) is 2.91. The summed E-state index contributed by atoms with van der Waals surface area (Å²) in [4.78, 5) is 24.8. The number of ether oxygens (including phenoxy) is 1. The van der Waals surface area contributed by atoms with Crippen molar-refractivity contribution in [2.75, 3.05) is 23.5 Å². The number of hydrogen-bond donors (Lipinski definition) is 2. The molecule has 0 aliphatic heterocycles. The third-order valence-corrected chi connectivity index (χ3v) is 5.86. The Morgan fingerprint density at radius 1 is 1.00 bits per heavy atom. The van der Waals surface area contributed by atoms with Crippen molar-refractivity contribution in [2.45, 2.75) is 25.4 Å². The smallest absolute Gasteiger partial charge is 0.234 e. The Morgan fingerprint density at radius 2 is 1.71 bits per heavy atom. The van der Waals surface area contributed by atoms with Gasteiger partial charge in [0.15, 0.2) is 5.16 Å². The number of thioether (sulfide) groups is 1. The molecular formula is C22H25N5O3S. The SMILES string of the molecule is COc1ccccc1NC(=O)Cc1nnc(SCC(=O)Nc2cccc(C)c2C)n1C. The minimum absolute atomic E-state index is 0.0524. The van der Waals surface area contributed by atoms with Crippen LogP contribution in [0, 0.1) is 13.8 Å². The van der Waals surface area contributed by atoms with Crippen LogP contribution in [0.3, 0.4) is 0 Å². The molecule has 0 spiro atoms. The van der Waals surface area contributed by atoms with Crippen LogP contribution in [-0.4, -0.2) is 39.4 Å². The number of anilines is 2. The number of benzene rings is 2. The lowest BCUT2D eigenvalue weighted by Gasteiger charge is -2.10. The van der Waals surface area contributed by atoms with E-state index in [0.717, 1.165) is 16.8 Å². The molecule has 31 heavy (non-hydrogen) atoms. The fraction of sp³-hybridized carbons (Fsp3) is 0.273. The van der Waals surface area contributed by atoms with Gasteiger partial charge in [0.25, 0.3) is 0 Å². The van der Waals surface area contributed by atoms with Crippen LogP contribution < -0.4 is 15.4 Å². The van der Waals surface area contributed by atoms with Crippen molar-refractivity contribution in [3.63, 3.8) is 0 Å². The van der Waals surface area contributed by atoms with Crippen LogP contribution >= 0.6 is 11.8 Å². The third-order valence-electron chi connectivity index (χ3n) is 4.84. The third kappa shape index (κ3) is 5.64. The van der Waals surface area contributed by atoms with Crippen molar-refractivity contribution in [2.24, 2.45) is 7.05 Å². The van der Waals surface area contributed by atoms with Crippen molar-refractivity contribution < 1.29 is 14.3 Å². The van der Waals surface area contributed by atoms with Gasteiger partial charge in [0, 0.05) is 12.7 Å². The van der Waals surface area contributed by atoms with E-state index in [1.165, 1.54) is 11.8 Å². The lowest BCUT2D eigenvalue weighted by Crippen LogP contribution is -2.18. The molecule has 9 heteroatoms. The highest BCUT2D eigenvalue weighted by Gasteiger charge is 2.16. The van der Waals surface area contributed by atoms with Crippen LogP contribution in [0.2, 0.25) is 0 Å². The number of rotatable bonds is 8. The number of methoxy groups -OCH3 is 1. The Morgan fingerprint density at radius 3 is 2.48 bits per heavy atom. The molecule has 0 aliphatic rings. The molecule has 1 aromatic heterocycles. The Labute approximate surface area is 185 Å². The van der Waals surface area contributed by atoms with Gasteiger partial charge < -0.3 is 19.9 Å². The lowest BCUT2D eigenvalue weighted by atomic mass is 10.1. The van der Waals surface area contributed by atoms with E-state index in [2.05, 4.69) is 20.8 Å². The second kappa shape index (κ2) is 10.1. The predicted molar refractivity (Wildman–Crippen MR) is 122 cm³/mol. The van der Waals surface area contributed by atoms with E-state index in [1.54, 1.807) is 30.9 Å². The highest BCUT2D eigenvalue weighted by molar-refractivity contribution is 7.99. The average Bonchev–Trinajstić information content (AvgIpc) is 3.09. The second-order valence-corrected chi connectivity index (χ2v) is 7.91. The van der Waals surface area contributed by atoms with Crippen LogP contribution in [0.1, 0.15) is 17.0 Å².